The van der Waals surface area contributed by atoms with Crippen molar-refractivity contribution in [2.45, 2.75) is 115 Å². The molecule has 238 valence electrons. The van der Waals surface area contributed by atoms with Crippen LogP contribution in [-0.2, 0) is 9.47 Å². The van der Waals surface area contributed by atoms with Crippen molar-refractivity contribution >= 4 is 0 Å². The number of likely N-dealkylation sites (tertiary alicyclic amines) is 2. The van der Waals surface area contributed by atoms with Crippen LogP contribution in [0.25, 0.3) is 0 Å². The molecule has 0 aromatic heterocycles. The summed E-state index contributed by atoms with van der Waals surface area (Å²) in [5.74, 6) is 0.491. The number of nitrogens with zero attached hydrogens (tertiary/aromatic N) is 2. The Bertz CT molecular complexity index is 1120. The third-order valence-corrected chi connectivity index (χ3v) is 9.13. The third kappa shape index (κ3) is 9.13. The number of hydrogen-bond acceptors (Lipinski definition) is 6. The van der Waals surface area contributed by atoms with Crippen LogP contribution in [0.3, 0.4) is 0 Å². The molecule has 4 aliphatic rings. The van der Waals surface area contributed by atoms with Crippen molar-refractivity contribution in [3.8, 4) is 11.5 Å². The molecule has 2 aromatic rings. The van der Waals surface area contributed by atoms with Crippen LogP contribution in [0, 0.1) is 11.6 Å². The van der Waals surface area contributed by atoms with Crippen LogP contribution in [-0.4, -0.2) is 85.2 Å². The van der Waals surface area contributed by atoms with Gasteiger partial charge in [-0.1, -0.05) is 31.0 Å². The summed E-state index contributed by atoms with van der Waals surface area (Å²) in [4.78, 5) is 4.93. The summed E-state index contributed by atoms with van der Waals surface area (Å²) in [7, 11) is 0. The predicted octanol–water partition coefficient (Wildman–Crippen LogP) is 6.86. The van der Waals surface area contributed by atoms with Gasteiger partial charge in [0.05, 0.1) is 18.3 Å². The topological polar surface area (TPSA) is 43.4 Å². The zero-order chi connectivity index (χ0) is 30.2. The summed E-state index contributed by atoms with van der Waals surface area (Å²) in [5, 5.41) is 0. The highest BCUT2D eigenvalue weighted by atomic mass is 19.1. The molecule has 6 rings (SSSR count). The van der Waals surface area contributed by atoms with Crippen LogP contribution in [0.2, 0.25) is 0 Å². The number of ether oxygens (including phenoxy) is 4. The number of benzene rings is 2. The van der Waals surface area contributed by atoms with Crippen molar-refractivity contribution in [1.82, 2.24) is 9.80 Å². The van der Waals surface area contributed by atoms with Gasteiger partial charge in [-0.25, -0.2) is 8.78 Å². The zero-order valence-electron chi connectivity index (χ0n) is 26.1. The van der Waals surface area contributed by atoms with Gasteiger partial charge in [0.15, 0.2) is 11.6 Å². The molecular weight excluding hydrogens is 550 g/mol. The molecule has 0 bridgehead atoms. The Morgan fingerprint density at radius 2 is 1.47 bits per heavy atom. The Morgan fingerprint density at radius 1 is 0.767 bits per heavy atom. The summed E-state index contributed by atoms with van der Waals surface area (Å²) in [6.45, 7) is 10.8. The summed E-state index contributed by atoms with van der Waals surface area (Å²) in [6, 6.07) is 14.2. The Hall–Kier alpha value is -2.26. The Balaban J connectivity index is 0.000000171. The smallest absolute Gasteiger partial charge is 0.165 e. The van der Waals surface area contributed by atoms with E-state index in [4.69, 9.17) is 18.9 Å². The first-order valence-electron chi connectivity index (χ1n) is 16.5. The monoisotopic (exact) mass is 600 g/mol. The largest absolute Gasteiger partial charge is 0.488 e. The van der Waals surface area contributed by atoms with E-state index in [1.165, 1.54) is 50.3 Å². The standard InChI is InChI=1S/C18H26FNO2.C17H24FNO2/c1-13(2)21-18-9-4-3-8-17(18)20-11-16(12-20)22-15-7-5-6-14(19)10-15;1-2-20-14-9-7-13(8-10-14)19-11-15(12-19)21-17-6-4-3-5-16(17)18/h5-7,10,13,16-18H,3-4,8-9,11-12H2,1-2H3;3-6,13-15H,2,7-12H2,1H3. The lowest BCUT2D eigenvalue weighted by atomic mass is 9.89. The molecule has 0 spiro atoms. The van der Waals surface area contributed by atoms with Gasteiger partial charge in [0, 0.05) is 50.9 Å². The fourth-order valence-electron chi connectivity index (χ4n) is 6.93. The summed E-state index contributed by atoms with van der Waals surface area (Å²) >= 11 is 0. The first-order valence-corrected chi connectivity index (χ1v) is 16.5. The lowest BCUT2D eigenvalue weighted by Crippen LogP contribution is -2.61. The van der Waals surface area contributed by atoms with Gasteiger partial charge >= 0.3 is 0 Å². The SMILES string of the molecule is CC(C)OC1CCCCC1N1CC(Oc2cccc(F)c2)C1.CCOC1CCC(N2CC(Oc3ccccc3F)C2)CC1. The predicted molar refractivity (Wildman–Crippen MR) is 165 cm³/mol. The van der Waals surface area contributed by atoms with Gasteiger partial charge in [0.25, 0.3) is 0 Å². The molecule has 0 N–H and O–H groups in total. The molecule has 6 nitrogen and oxygen atoms in total. The lowest BCUT2D eigenvalue weighted by molar-refractivity contribution is -0.102. The van der Waals surface area contributed by atoms with Crippen molar-refractivity contribution in [2.24, 2.45) is 0 Å². The molecule has 2 heterocycles. The van der Waals surface area contributed by atoms with Gasteiger partial charge < -0.3 is 18.9 Å². The van der Waals surface area contributed by atoms with Gasteiger partial charge in [-0.05, 0) is 83.6 Å². The van der Waals surface area contributed by atoms with E-state index in [2.05, 4.69) is 30.6 Å². The van der Waals surface area contributed by atoms with Crippen LogP contribution in [0.4, 0.5) is 8.78 Å². The maximum Gasteiger partial charge on any atom is 0.165 e. The second kappa shape index (κ2) is 15.6. The van der Waals surface area contributed by atoms with Crippen LogP contribution in [0.15, 0.2) is 48.5 Å². The van der Waals surface area contributed by atoms with E-state index in [-0.39, 0.29) is 29.9 Å². The van der Waals surface area contributed by atoms with Crippen molar-refractivity contribution in [3.05, 3.63) is 60.2 Å². The Labute approximate surface area is 256 Å². The maximum absolute atomic E-state index is 13.5. The highest BCUT2D eigenvalue weighted by molar-refractivity contribution is 5.24. The van der Waals surface area contributed by atoms with Crippen LogP contribution in [0.1, 0.15) is 72.1 Å². The van der Waals surface area contributed by atoms with E-state index < -0.39 is 0 Å². The van der Waals surface area contributed by atoms with Crippen LogP contribution < -0.4 is 9.47 Å². The normalized spacial score (nSPS) is 27.1. The van der Waals surface area contributed by atoms with E-state index in [1.807, 2.05) is 12.1 Å². The molecule has 2 aliphatic heterocycles. The minimum atomic E-state index is -0.270. The highest BCUT2D eigenvalue weighted by Crippen LogP contribution is 2.32. The van der Waals surface area contributed by atoms with Crippen molar-refractivity contribution in [2.75, 3.05) is 32.8 Å². The Kier molecular flexibility index (Phi) is 11.7. The fraction of sp³-hybridized carbons (Fsp3) is 0.657. The van der Waals surface area contributed by atoms with Crippen molar-refractivity contribution in [3.63, 3.8) is 0 Å². The number of hydrogen-bond donors (Lipinski definition) is 0. The average Bonchev–Trinajstić information content (AvgIpc) is 2.95. The molecular formula is C35H50F2N2O4. The summed E-state index contributed by atoms with van der Waals surface area (Å²) < 4.78 is 50.1. The van der Waals surface area contributed by atoms with Gasteiger partial charge in [-0.15, -0.1) is 0 Å². The van der Waals surface area contributed by atoms with E-state index in [0.29, 0.717) is 35.8 Å². The van der Waals surface area contributed by atoms with E-state index in [0.717, 1.165) is 52.0 Å². The first-order chi connectivity index (χ1) is 20.9. The molecule has 4 fully saturated rings. The minimum absolute atomic E-state index is 0.131. The van der Waals surface area contributed by atoms with Crippen molar-refractivity contribution < 1.29 is 27.7 Å². The van der Waals surface area contributed by atoms with E-state index in [9.17, 15) is 8.78 Å². The van der Waals surface area contributed by atoms with Crippen LogP contribution >= 0.6 is 0 Å². The van der Waals surface area contributed by atoms with Gasteiger partial charge in [0.2, 0.25) is 0 Å². The number of para-hydroxylation sites is 1. The van der Waals surface area contributed by atoms with Crippen LogP contribution in [0.5, 0.6) is 11.5 Å². The molecule has 2 atom stereocenters. The average molecular weight is 601 g/mol. The second-order valence-corrected chi connectivity index (χ2v) is 12.7. The maximum atomic E-state index is 13.5. The molecule has 43 heavy (non-hydrogen) atoms. The fourth-order valence-corrected chi connectivity index (χ4v) is 6.93. The first kappa shape index (κ1) is 32.1. The summed E-state index contributed by atoms with van der Waals surface area (Å²) in [5.41, 5.74) is 0. The molecule has 2 unspecified atom stereocenters. The van der Waals surface area contributed by atoms with E-state index in [1.54, 1.807) is 18.2 Å². The second-order valence-electron chi connectivity index (χ2n) is 12.7. The molecule has 0 radical (unpaired) electrons. The molecule has 2 aliphatic carbocycles. The highest BCUT2D eigenvalue weighted by Gasteiger charge is 2.39. The number of rotatable bonds is 10. The molecule has 2 saturated heterocycles. The van der Waals surface area contributed by atoms with Gasteiger partial charge in [-0.3, -0.25) is 9.80 Å². The number of halogens is 2. The van der Waals surface area contributed by atoms with E-state index >= 15 is 0 Å². The zero-order valence-corrected chi connectivity index (χ0v) is 26.1. The Morgan fingerprint density at radius 3 is 2.16 bits per heavy atom. The molecule has 0 amide bonds. The quantitative estimate of drug-likeness (QED) is 0.297. The molecule has 8 heteroatoms. The van der Waals surface area contributed by atoms with Crippen molar-refractivity contribution in [1.29, 1.82) is 0 Å². The minimum Gasteiger partial charge on any atom is -0.488 e. The summed E-state index contributed by atoms with van der Waals surface area (Å²) in [6.07, 6.45) is 11.1. The molecule has 2 aromatic carbocycles. The van der Waals surface area contributed by atoms with Gasteiger partial charge in [0.1, 0.15) is 23.8 Å². The van der Waals surface area contributed by atoms with Gasteiger partial charge in [-0.2, -0.15) is 0 Å². The molecule has 2 saturated carbocycles. The third-order valence-electron chi connectivity index (χ3n) is 9.13. The lowest BCUT2D eigenvalue weighted by Gasteiger charge is -2.48.